The van der Waals surface area contributed by atoms with Crippen LogP contribution < -0.4 is 0 Å². The first kappa shape index (κ1) is 16.7. The molecule has 0 amide bonds. The molecule has 2 heteroatoms. The molecule has 0 spiro atoms. The third kappa shape index (κ3) is 2.24. The van der Waals surface area contributed by atoms with E-state index < -0.39 is 0 Å². The summed E-state index contributed by atoms with van der Waals surface area (Å²) in [6, 6.07) is 0. The van der Waals surface area contributed by atoms with E-state index in [0.29, 0.717) is 5.41 Å². The molecule has 0 aromatic heterocycles. The molecule has 0 aromatic rings. The topological polar surface area (TPSA) is 32.6 Å². The van der Waals surface area contributed by atoms with Crippen LogP contribution in [0, 0.1) is 40.9 Å². The molecule has 4 rings (SSSR count). The molecule has 4 aliphatic rings. The summed E-state index contributed by atoms with van der Waals surface area (Å²) in [5.41, 5.74) is 3.20. The normalized spacial score (nSPS) is 49.3. The molecular weight excluding hydrogens is 294 g/mol. The molecule has 2 nitrogen and oxygen atoms in total. The number of fused-ring (bicyclic) bond motifs is 5. The fourth-order valence-electron chi connectivity index (χ4n) is 7.75. The van der Waals surface area contributed by atoms with Crippen molar-refractivity contribution in [1.82, 2.24) is 0 Å². The van der Waals surface area contributed by atoms with Crippen LogP contribution in [0.5, 0.6) is 0 Å². The van der Waals surface area contributed by atoms with Crippen molar-refractivity contribution < 1.29 is 5.21 Å². The van der Waals surface area contributed by atoms with E-state index in [2.05, 4.69) is 32.0 Å². The van der Waals surface area contributed by atoms with E-state index in [1.165, 1.54) is 51.4 Å². The second-order valence-corrected chi connectivity index (χ2v) is 9.28. The second kappa shape index (κ2) is 6.18. The van der Waals surface area contributed by atoms with Gasteiger partial charge in [-0.1, -0.05) is 37.9 Å². The fourth-order valence-corrected chi connectivity index (χ4v) is 7.75. The molecule has 3 fully saturated rings. The van der Waals surface area contributed by atoms with E-state index in [1.807, 2.05) is 0 Å². The van der Waals surface area contributed by atoms with Crippen molar-refractivity contribution in [1.29, 1.82) is 0 Å². The molecule has 0 aliphatic heterocycles. The number of nitrogens with zero attached hydrogens (tertiary/aromatic N) is 1. The van der Waals surface area contributed by atoms with Crippen molar-refractivity contribution in [3.05, 3.63) is 11.6 Å². The molecule has 0 aromatic carbocycles. The lowest BCUT2D eigenvalue weighted by molar-refractivity contribution is -0.0587. The molecule has 7 atom stereocenters. The highest BCUT2D eigenvalue weighted by Gasteiger charge is 2.58. The zero-order chi connectivity index (χ0) is 16.9. The highest BCUT2D eigenvalue weighted by Crippen LogP contribution is 2.66. The number of hydrogen-bond donors (Lipinski definition) is 1. The molecule has 3 saturated carbocycles. The van der Waals surface area contributed by atoms with Crippen LogP contribution in [-0.2, 0) is 0 Å². The van der Waals surface area contributed by atoms with Crippen molar-refractivity contribution >= 4 is 5.71 Å². The number of allylic oxidation sites excluding steroid dienone is 2. The van der Waals surface area contributed by atoms with Crippen molar-refractivity contribution in [3.8, 4) is 0 Å². The van der Waals surface area contributed by atoms with Gasteiger partial charge in [0.1, 0.15) is 0 Å². The van der Waals surface area contributed by atoms with Crippen LogP contribution >= 0.6 is 0 Å². The highest BCUT2D eigenvalue weighted by atomic mass is 16.4. The number of rotatable bonds is 2. The first-order chi connectivity index (χ1) is 11.6. The van der Waals surface area contributed by atoms with Gasteiger partial charge in [0.25, 0.3) is 0 Å². The van der Waals surface area contributed by atoms with E-state index in [0.717, 1.165) is 47.6 Å². The monoisotopic (exact) mass is 329 g/mol. The Morgan fingerprint density at radius 2 is 2.04 bits per heavy atom. The molecule has 0 saturated heterocycles. The Hall–Kier alpha value is -0.790. The van der Waals surface area contributed by atoms with Crippen LogP contribution in [0.3, 0.4) is 0 Å². The molecule has 24 heavy (non-hydrogen) atoms. The van der Waals surface area contributed by atoms with Crippen LogP contribution in [0.1, 0.15) is 78.6 Å². The summed E-state index contributed by atoms with van der Waals surface area (Å²) in [5, 5.41) is 12.7. The Morgan fingerprint density at radius 3 is 2.75 bits per heavy atom. The third-order valence-electron chi connectivity index (χ3n) is 8.94. The minimum absolute atomic E-state index is 0.655. The fraction of sp³-hybridized carbons (Fsp3) is 0.864. The molecule has 0 heterocycles. The standard InChI is InChI=1S/C22H35NO/c1-4-15-12-16-13-17(23-24)7-8-18(16)19-10-11-22(5-2)14(3)6-9-20(22)21(15)19/h13-15,18-21,24H,4-12H2,1-3H3/b23-17+. The number of hydrogen-bond acceptors (Lipinski definition) is 2. The second-order valence-electron chi connectivity index (χ2n) is 9.28. The third-order valence-corrected chi connectivity index (χ3v) is 8.94. The Bertz CT molecular complexity index is 550. The van der Waals surface area contributed by atoms with Gasteiger partial charge in [0.2, 0.25) is 0 Å². The van der Waals surface area contributed by atoms with E-state index in [-0.39, 0.29) is 0 Å². The van der Waals surface area contributed by atoms with E-state index in [9.17, 15) is 5.21 Å². The van der Waals surface area contributed by atoms with Gasteiger partial charge in [0, 0.05) is 0 Å². The summed E-state index contributed by atoms with van der Waals surface area (Å²) in [4.78, 5) is 0. The highest BCUT2D eigenvalue weighted by molar-refractivity contribution is 5.96. The van der Waals surface area contributed by atoms with Gasteiger partial charge < -0.3 is 5.21 Å². The Balaban J connectivity index is 1.69. The van der Waals surface area contributed by atoms with Gasteiger partial charge in [0.05, 0.1) is 5.71 Å². The number of oxime groups is 1. The van der Waals surface area contributed by atoms with E-state index in [1.54, 1.807) is 5.57 Å². The molecular formula is C22H35NO. The Morgan fingerprint density at radius 1 is 1.21 bits per heavy atom. The summed E-state index contributed by atoms with van der Waals surface area (Å²) in [6.45, 7) is 7.42. The van der Waals surface area contributed by atoms with Gasteiger partial charge in [-0.3, -0.25) is 0 Å². The lowest BCUT2D eigenvalue weighted by Crippen LogP contribution is -2.50. The smallest absolute Gasteiger partial charge is 0.0795 e. The van der Waals surface area contributed by atoms with E-state index >= 15 is 0 Å². The first-order valence-electron chi connectivity index (χ1n) is 10.6. The first-order valence-corrected chi connectivity index (χ1v) is 10.6. The maximum absolute atomic E-state index is 9.20. The minimum atomic E-state index is 0.655. The maximum atomic E-state index is 9.20. The summed E-state index contributed by atoms with van der Waals surface area (Å²) >= 11 is 0. The zero-order valence-electron chi connectivity index (χ0n) is 15.8. The summed E-state index contributed by atoms with van der Waals surface area (Å²) in [7, 11) is 0. The molecule has 7 unspecified atom stereocenters. The minimum Gasteiger partial charge on any atom is -0.411 e. The van der Waals surface area contributed by atoms with Gasteiger partial charge in [-0.15, -0.1) is 0 Å². The average molecular weight is 330 g/mol. The van der Waals surface area contributed by atoms with Crippen LogP contribution in [-0.4, -0.2) is 10.9 Å². The van der Waals surface area contributed by atoms with Gasteiger partial charge in [0.15, 0.2) is 0 Å². The molecule has 0 radical (unpaired) electrons. The Labute approximate surface area is 147 Å². The summed E-state index contributed by atoms with van der Waals surface area (Å²) < 4.78 is 0. The largest absolute Gasteiger partial charge is 0.411 e. The van der Waals surface area contributed by atoms with Crippen LogP contribution in [0.15, 0.2) is 16.8 Å². The maximum Gasteiger partial charge on any atom is 0.0795 e. The van der Waals surface area contributed by atoms with Crippen molar-refractivity contribution in [2.45, 2.75) is 78.6 Å². The van der Waals surface area contributed by atoms with Crippen molar-refractivity contribution in [2.24, 2.45) is 46.1 Å². The van der Waals surface area contributed by atoms with Gasteiger partial charge >= 0.3 is 0 Å². The molecule has 1 N–H and O–H groups in total. The predicted octanol–water partition coefficient (Wildman–Crippen LogP) is 6.05. The van der Waals surface area contributed by atoms with Crippen molar-refractivity contribution in [2.75, 3.05) is 0 Å². The van der Waals surface area contributed by atoms with Crippen LogP contribution in [0.2, 0.25) is 0 Å². The molecule has 0 bridgehead atoms. The lowest BCUT2D eigenvalue weighted by Gasteiger charge is -2.57. The average Bonchev–Trinajstić information content (AvgIpc) is 2.97. The Kier molecular flexibility index (Phi) is 4.29. The zero-order valence-corrected chi connectivity index (χ0v) is 15.8. The molecule has 4 aliphatic carbocycles. The summed E-state index contributed by atoms with van der Waals surface area (Å²) in [5.74, 6) is 5.43. The van der Waals surface area contributed by atoms with Crippen LogP contribution in [0.25, 0.3) is 0 Å². The van der Waals surface area contributed by atoms with E-state index in [4.69, 9.17) is 0 Å². The van der Waals surface area contributed by atoms with Gasteiger partial charge in [-0.2, -0.15) is 0 Å². The molecule has 134 valence electrons. The van der Waals surface area contributed by atoms with Gasteiger partial charge in [-0.25, -0.2) is 0 Å². The SMILES string of the molecule is CCC1CC2=C/C(=N/O)CCC2C2CCC3(CC)C(C)CCC3C12. The van der Waals surface area contributed by atoms with Crippen LogP contribution in [0.4, 0.5) is 0 Å². The summed E-state index contributed by atoms with van der Waals surface area (Å²) in [6.07, 6.45) is 14.3. The van der Waals surface area contributed by atoms with Gasteiger partial charge in [-0.05, 0) is 98.4 Å². The lowest BCUT2D eigenvalue weighted by atomic mass is 9.47. The quantitative estimate of drug-likeness (QED) is 0.485. The predicted molar refractivity (Wildman–Crippen MR) is 99.3 cm³/mol. The van der Waals surface area contributed by atoms with Crippen molar-refractivity contribution in [3.63, 3.8) is 0 Å².